The number of hydrogen-bond donors (Lipinski definition) is 0. The first kappa shape index (κ1) is 13.1. The number of carbonyl (C=O) groups excluding carboxylic acids is 1. The fourth-order valence-electron chi connectivity index (χ4n) is 3.54. The zero-order valence-electron chi connectivity index (χ0n) is 11.5. The molecule has 2 nitrogen and oxygen atoms in total. The van der Waals surface area contributed by atoms with Crippen LogP contribution in [0.1, 0.15) is 65.2 Å². The van der Waals surface area contributed by atoms with E-state index in [2.05, 4.69) is 18.7 Å². The molecule has 1 atom stereocenters. The van der Waals surface area contributed by atoms with E-state index in [1.54, 1.807) is 0 Å². The molecule has 2 aliphatic rings. The summed E-state index contributed by atoms with van der Waals surface area (Å²) in [6.07, 6.45) is 9.51. The molecule has 2 fully saturated rings. The van der Waals surface area contributed by atoms with Gasteiger partial charge in [0.15, 0.2) is 0 Å². The summed E-state index contributed by atoms with van der Waals surface area (Å²) in [7, 11) is 0. The highest BCUT2D eigenvalue weighted by molar-refractivity contribution is 5.79. The molecule has 0 spiro atoms. The van der Waals surface area contributed by atoms with Crippen molar-refractivity contribution in [2.45, 2.75) is 77.3 Å². The first-order chi connectivity index (χ1) is 8.16. The maximum absolute atomic E-state index is 11.7. The number of rotatable bonds is 4. The Bertz CT molecular complexity index is 256. The largest absolute Gasteiger partial charge is 0.300 e. The summed E-state index contributed by atoms with van der Waals surface area (Å²) in [6, 6.07) is 1.33. The standard InChI is InChI=1S/C15H27NO/c1-12(2)11-16(13-6-3-4-7-13)14-8-5-9-15(17)10-14/h12-14H,3-11H2,1-2H3. The molecule has 0 aliphatic heterocycles. The molecule has 2 rings (SSSR count). The highest BCUT2D eigenvalue weighted by Crippen LogP contribution is 2.30. The van der Waals surface area contributed by atoms with Crippen LogP contribution in [0.3, 0.4) is 0 Å². The van der Waals surface area contributed by atoms with E-state index in [4.69, 9.17) is 0 Å². The SMILES string of the molecule is CC(C)CN(C1CCCC1)C1CCCC(=O)C1. The number of ketones is 1. The highest BCUT2D eigenvalue weighted by atomic mass is 16.1. The first-order valence-corrected chi connectivity index (χ1v) is 7.44. The van der Waals surface area contributed by atoms with E-state index in [1.165, 1.54) is 38.6 Å². The summed E-state index contributed by atoms with van der Waals surface area (Å²) in [4.78, 5) is 14.3. The van der Waals surface area contributed by atoms with Gasteiger partial charge in [-0.3, -0.25) is 9.69 Å². The lowest BCUT2D eigenvalue weighted by Crippen LogP contribution is -2.46. The van der Waals surface area contributed by atoms with Gasteiger partial charge in [0.05, 0.1) is 0 Å². The van der Waals surface area contributed by atoms with Gasteiger partial charge in [0.25, 0.3) is 0 Å². The second kappa shape index (κ2) is 5.99. The fourth-order valence-corrected chi connectivity index (χ4v) is 3.54. The van der Waals surface area contributed by atoms with Gasteiger partial charge in [0.1, 0.15) is 5.78 Å². The summed E-state index contributed by atoms with van der Waals surface area (Å²) in [6.45, 7) is 5.78. The monoisotopic (exact) mass is 237 g/mol. The van der Waals surface area contributed by atoms with Crippen molar-refractivity contribution >= 4 is 5.78 Å². The van der Waals surface area contributed by atoms with E-state index in [-0.39, 0.29) is 0 Å². The van der Waals surface area contributed by atoms with E-state index < -0.39 is 0 Å². The average molecular weight is 237 g/mol. The Balaban J connectivity index is 1.99. The third-order valence-electron chi connectivity index (χ3n) is 4.29. The molecule has 2 saturated carbocycles. The summed E-state index contributed by atoms with van der Waals surface area (Å²) in [5.41, 5.74) is 0. The molecule has 0 aromatic rings. The molecule has 0 saturated heterocycles. The van der Waals surface area contributed by atoms with Gasteiger partial charge < -0.3 is 0 Å². The van der Waals surface area contributed by atoms with Crippen LogP contribution in [0.5, 0.6) is 0 Å². The van der Waals surface area contributed by atoms with Crippen LogP contribution in [0.15, 0.2) is 0 Å². The molecule has 2 aliphatic carbocycles. The molecular weight excluding hydrogens is 210 g/mol. The van der Waals surface area contributed by atoms with E-state index >= 15 is 0 Å². The summed E-state index contributed by atoms with van der Waals surface area (Å²) in [5.74, 6) is 1.21. The third-order valence-corrected chi connectivity index (χ3v) is 4.29. The Hall–Kier alpha value is -0.370. The highest BCUT2D eigenvalue weighted by Gasteiger charge is 2.31. The van der Waals surface area contributed by atoms with Crippen LogP contribution < -0.4 is 0 Å². The molecule has 1 unspecified atom stereocenters. The maximum Gasteiger partial charge on any atom is 0.134 e. The minimum absolute atomic E-state index is 0.494. The van der Waals surface area contributed by atoms with Crippen LogP contribution in [-0.4, -0.2) is 29.3 Å². The smallest absolute Gasteiger partial charge is 0.134 e. The Labute approximate surface area is 106 Å². The normalized spacial score (nSPS) is 27.3. The molecule has 0 bridgehead atoms. The van der Waals surface area contributed by atoms with E-state index in [0.717, 1.165) is 25.3 Å². The lowest BCUT2D eigenvalue weighted by atomic mass is 9.91. The van der Waals surface area contributed by atoms with Crippen molar-refractivity contribution < 1.29 is 4.79 Å². The lowest BCUT2D eigenvalue weighted by molar-refractivity contribution is -0.122. The van der Waals surface area contributed by atoms with Gasteiger partial charge in [0, 0.05) is 31.5 Å². The van der Waals surface area contributed by atoms with Crippen molar-refractivity contribution in [1.82, 2.24) is 4.90 Å². The summed E-state index contributed by atoms with van der Waals surface area (Å²) >= 11 is 0. The van der Waals surface area contributed by atoms with Gasteiger partial charge in [-0.25, -0.2) is 0 Å². The molecule has 0 amide bonds. The first-order valence-electron chi connectivity index (χ1n) is 7.44. The van der Waals surface area contributed by atoms with Crippen LogP contribution in [0.2, 0.25) is 0 Å². The van der Waals surface area contributed by atoms with Gasteiger partial charge in [0.2, 0.25) is 0 Å². The molecule has 0 aromatic carbocycles. The second-order valence-electron chi connectivity index (χ2n) is 6.32. The minimum Gasteiger partial charge on any atom is -0.300 e. The van der Waals surface area contributed by atoms with Crippen LogP contribution in [-0.2, 0) is 4.79 Å². The molecule has 2 heteroatoms. The maximum atomic E-state index is 11.7. The topological polar surface area (TPSA) is 20.3 Å². The molecule has 0 N–H and O–H groups in total. The molecular formula is C15H27NO. The Morgan fingerprint density at radius 1 is 1.12 bits per heavy atom. The molecule has 0 aromatic heterocycles. The van der Waals surface area contributed by atoms with Crippen molar-refractivity contribution in [1.29, 1.82) is 0 Å². The van der Waals surface area contributed by atoms with Gasteiger partial charge in [-0.05, 0) is 31.6 Å². The molecule has 0 heterocycles. The van der Waals surface area contributed by atoms with Gasteiger partial charge >= 0.3 is 0 Å². The third kappa shape index (κ3) is 3.54. The average Bonchev–Trinajstić information content (AvgIpc) is 2.79. The van der Waals surface area contributed by atoms with Crippen molar-refractivity contribution in [2.24, 2.45) is 5.92 Å². The fraction of sp³-hybridized carbons (Fsp3) is 0.933. The van der Waals surface area contributed by atoms with Crippen molar-refractivity contribution in [3.05, 3.63) is 0 Å². The molecule has 0 radical (unpaired) electrons. The Kier molecular flexibility index (Phi) is 4.61. The van der Waals surface area contributed by atoms with Crippen LogP contribution in [0, 0.1) is 5.92 Å². The number of nitrogens with zero attached hydrogens (tertiary/aromatic N) is 1. The predicted molar refractivity (Wildman–Crippen MR) is 71.1 cm³/mol. The van der Waals surface area contributed by atoms with Crippen LogP contribution in [0.4, 0.5) is 0 Å². The minimum atomic E-state index is 0.494. The van der Waals surface area contributed by atoms with Crippen LogP contribution in [0.25, 0.3) is 0 Å². The van der Waals surface area contributed by atoms with Crippen molar-refractivity contribution in [3.8, 4) is 0 Å². The van der Waals surface area contributed by atoms with Gasteiger partial charge in [-0.2, -0.15) is 0 Å². The van der Waals surface area contributed by atoms with E-state index in [1.807, 2.05) is 0 Å². The second-order valence-corrected chi connectivity index (χ2v) is 6.32. The van der Waals surface area contributed by atoms with Gasteiger partial charge in [-0.15, -0.1) is 0 Å². The van der Waals surface area contributed by atoms with E-state index in [0.29, 0.717) is 17.7 Å². The Morgan fingerprint density at radius 3 is 2.35 bits per heavy atom. The quantitative estimate of drug-likeness (QED) is 0.747. The zero-order valence-corrected chi connectivity index (χ0v) is 11.5. The van der Waals surface area contributed by atoms with Crippen molar-refractivity contribution in [2.75, 3.05) is 6.54 Å². The summed E-state index contributed by atoms with van der Waals surface area (Å²) in [5, 5.41) is 0. The Morgan fingerprint density at radius 2 is 1.76 bits per heavy atom. The van der Waals surface area contributed by atoms with Gasteiger partial charge in [-0.1, -0.05) is 26.7 Å². The predicted octanol–water partition coefficient (Wildman–Crippen LogP) is 3.40. The number of hydrogen-bond acceptors (Lipinski definition) is 2. The number of carbonyl (C=O) groups is 1. The van der Waals surface area contributed by atoms with E-state index in [9.17, 15) is 4.79 Å². The molecule has 17 heavy (non-hydrogen) atoms. The molecule has 98 valence electrons. The zero-order chi connectivity index (χ0) is 12.3. The lowest BCUT2D eigenvalue weighted by Gasteiger charge is -2.39. The summed E-state index contributed by atoms with van der Waals surface area (Å²) < 4.78 is 0. The number of Topliss-reactive ketones (excluding diaryl/α,β-unsaturated/α-hetero) is 1. The van der Waals surface area contributed by atoms with Crippen molar-refractivity contribution in [3.63, 3.8) is 0 Å². The van der Waals surface area contributed by atoms with Crippen LogP contribution >= 0.6 is 0 Å².